The standard InChI is InChI=1S/C27H55O7PS/c1-4-7-9-11-12-13-14-15-17-19-23-36(32)24(20-18-16-10-8-5-2)21-22-33-25(6-3)34-27(30,35-31)26(28)29/h24-25,30H,4-23,35H2,1-3H3,(H,28,29). The van der Waals surface area contributed by atoms with Crippen molar-refractivity contribution in [2.75, 3.05) is 12.4 Å². The monoisotopic (exact) mass is 554 g/mol. The van der Waals surface area contributed by atoms with Crippen molar-refractivity contribution in [3.05, 3.63) is 0 Å². The van der Waals surface area contributed by atoms with Gasteiger partial charge in [-0.05, 0) is 32.1 Å². The van der Waals surface area contributed by atoms with Gasteiger partial charge < -0.3 is 28.8 Å². The van der Waals surface area contributed by atoms with Crippen molar-refractivity contribution in [3.8, 4) is 0 Å². The molecule has 0 aromatic carbocycles. The summed E-state index contributed by atoms with van der Waals surface area (Å²) in [7, 11) is -2.09. The molecule has 0 aliphatic carbocycles. The van der Waals surface area contributed by atoms with Crippen LogP contribution in [-0.4, -0.2) is 50.2 Å². The van der Waals surface area contributed by atoms with E-state index >= 15 is 0 Å². The van der Waals surface area contributed by atoms with Gasteiger partial charge in [-0.15, -0.1) is 0 Å². The topological polar surface area (TPSA) is 116 Å². The zero-order valence-corrected chi connectivity index (χ0v) is 25.2. The van der Waals surface area contributed by atoms with E-state index in [-0.39, 0.29) is 11.9 Å². The summed E-state index contributed by atoms with van der Waals surface area (Å²) in [6.07, 6.45) is 19.1. The molecule has 7 nitrogen and oxygen atoms in total. The molecule has 0 amide bonds. The zero-order chi connectivity index (χ0) is 27.1. The summed E-state index contributed by atoms with van der Waals surface area (Å²) in [4.78, 5) is 11.2. The van der Waals surface area contributed by atoms with E-state index in [1.807, 2.05) is 0 Å². The predicted molar refractivity (Wildman–Crippen MR) is 151 cm³/mol. The van der Waals surface area contributed by atoms with Crippen LogP contribution in [-0.2, 0) is 30.0 Å². The van der Waals surface area contributed by atoms with Crippen LogP contribution >= 0.6 is 8.46 Å². The Bertz CT molecular complexity index is 540. The highest BCUT2D eigenvalue weighted by atomic mass is 32.2. The molecule has 0 saturated heterocycles. The van der Waals surface area contributed by atoms with Gasteiger partial charge in [0.05, 0.1) is 6.61 Å². The van der Waals surface area contributed by atoms with Gasteiger partial charge in [-0.25, -0.2) is 4.79 Å². The number of carboxylic acids is 1. The molecule has 5 atom stereocenters. The number of carbonyl (C=O) groups is 1. The Hall–Kier alpha value is -0.110. The quantitative estimate of drug-likeness (QED) is 0.0484. The zero-order valence-electron chi connectivity index (χ0n) is 23.2. The van der Waals surface area contributed by atoms with E-state index in [4.69, 9.17) is 14.6 Å². The molecule has 5 unspecified atom stereocenters. The van der Waals surface area contributed by atoms with Gasteiger partial charge in [0.25, 0.3) is 0 Å². The minimum Gasteiger partial charge on any atom is -0.616 e. The van der Waals surface area contributed by atoms with E-state index in [0.29, 0.717) is 18.6 Å². The molecule has 0 aliphatic heterocycles. The van der Waals surface area contributed by atoms with E-state index in [0.717, 1.165) is 32.1 Å². The molecule has 216 valence electrons. The van der Waals surface area contributed by atoms with E-state index in [9.17, 15) is 19.0 Å². The first-order valence-corrected chi connectivity index (χ1v) is 16.9. The molecule has 0 aliphatic rings. The smallest absolute Gasteiger partial charge is 0.371 e. The Balaban J connectivity index is 4.47. The number of aliphatic hydroxyl groups is 1. The molecule has 0 fully saturated rings. The fourth-order valence-corrected chi connectivity index (χ4v) is 6.10. The van der Waals surface area contributed by atoms with Crippen LogP contribution in [0.3, 0.4) is 0 Å². The molecular weight excluding hydrogens is 499 g/mol. The van der Waals surface area contributed by atoms with E-state index in [2.05, 4.69) is 13.8 Å². The van der Waals surface area contributed by atoms with Gasteiger partial charge in [-0.2, -0.15) is 0 Å². The van der Waals surface area contributed by atoms with Crippen LogP contribution < -0.4 is 0 Å². The highest BCUT2D eigenvalue weighted by molar-refractivity contribution is 7.92. The van der Waals surface area contributed by atoms with Crippen molar-refractivity contribution in [2.24, 2.45) is 0 Å². The molecule has 0 saturated carbocycles. The Labute approximate surface area is 224 Å². The second-order valence-electron chi connectivity index (χ2n) is 9.83. The summed E-state index contributed by atoms with van der Waals surface area (Å²) in [6.45, 7) is 6.42. The minimum absolute atomic E-state index is 0.0335. The van der Waals surface area contributed by atoms with Gasteiger partial charge in [-0.1, -0.05) is 109 Å². The van der Waals surface area contributed by atoms with Crippen LogP contribution in [0.25, 0.3) is 0 Å². The third kappa shape index (κ3) is 18.2. The maximum atomic E-state index is 13.1. The predicted octanol–water partition coefficient (Wildman–Crippen LogP) is 7.03. The van der Waals surface area contributed by atoms with Crippen LogP contribution in [0, 0.1) is 0 Å². The van der Waals surface area contributed by atoms with Crippen molar-refractivity contribution in [2.45, 2.75) is 153 Å². The van der Waals surface area contributed by atoms with Gasteiger partial charge in [0.15, 0.2) is 6.29 Å². The molecule has 9 heteroatoms. The number of unbranched alkanes of at least 4 members (excludes halogenated alkanes) is 13. The molecule has 0 rings (SSSR count). The van der Waals surface area contributed by atoms with Gasteiger partial charge in [0.1, 0.15) is 19.5 Å². The second kappa shape index (κ2) is 24.0. The Morgan fingerprint density at radius 1 is 0.861 bits per heavy atom. The maximum absolute atomic E-state index is 13.1. The van der Waals surface area contributed by atoms with Crippen molar-refractivity contribution in [1.29, 1.82) is 0 Å². The van der Waals surface area contributed by atoms with Crippen LogP contribution in [0.2, 0.25) is 0 Å². The number of carboxylic acid groups (broad SMARTS) is 1. The third-order valence-electron chi connectivity index (χ3n) is 6.55. The lowest BCUT2D eigenvalue weighted by molar-refractivity contribution is -0.252. The summed E-state index contributed by atoms with van der Waals surface area (Å²) in [5.41, 5.74) is -2.71. The SMILES string of the molecule is CCCCCCCCCCCC[S+]([O-])C(CCCCCCC)CCOC(CC)OC(O)([PH2]=O)C(=O)O. The highest BCUT2D eigenvalue weighted by Gasteiger charge is 2.39. The number of hydrogen-bond donors (Lipinski definition) is 2. The fraction of sp³-hybridized carbons (Fsp3) is 0.963. The van der Waals surface area contributed by atoms with E-state index in [1.54, 1.807) is 6.92 Å². The number of aliphatic carboxylic acids is 1. The fourth-order valence-electron chi connectivity index (χ4n) is 4.18. The summed E-state index contributed by atoms with van der Waals surface area (Å²) >= 11 is -0.932. The Kier molecular flexibility index (Phi) is 23.9. The number of ether oxygens (including phenoxy) is 2. The molecule has 2 N–H and O–H groups in total. The average molecular weight is 555 g/mol. The first-order valence-electron chi connectivity index (χ1n) is 14.4. The summed E-state index contributed by atoms with van der Waals surface area (Å²) in [5.74, 6) is -0.973. The first-order chi connectivity index (χ1) is 17.3. The second-order valence-corrected chi connectivity index (χ2v) is 12.7. The molecule has 36 heavy (non-hydrogen) atoms. The third-order valence-corrected chi connectivity index (χ3v) is 9.16. The van der Waals surface area contributed by atoms with Gasteiger partial charge >= 0.3 is 11.5 Å². The Morgan fingerprint density at radius 3 is 1.83 bits per heavy atom. The summed E-state index contributed by atoms with van der Waals surface area (Å²) in [5, 5.41) is 19.0. The normalized spacial score (nSPS) is 16.2. The lowest BCUT2D eigenvalue weighted by atomic mass is 10.1. The van der Waals surface area contributed by atoms with Crippen molar-refractivity contribution in [1.82, 2.24) is 0 Å². The summed E-state index contributed by atoms with van der Waals surface area (Å²) in [6, 6.07) is 0. The molecular formula is C27H55O7PS. The maximum Gasteiger partial charge on any atom is 0.371 e. The van der Waals surface area contributed by atoms with Gasteiger partial charge in [0, 0.05) is 6.42 Å². The van der Waals surface area contributed by atoms with Crippen molar-refractivity contribution < 1.29 is 33.6 Å². The largest absolute Gasteiger partial charge is 0.616 e. The minimum atomic E-state index is -2.71. The highest BCUT2D eigenvalue weighted by Crippen LogP contribution is 2.26. The lowest BCUT2D eigenvalue weighted by Gasteiger charge is -2.26. The van der Waals surface area contributed by atoms with Crippen LogP contribution in [0.1, 0.15) is 136 Å². The van der Waals surface area contributed by atoms with Crippen LogP contribution in [0.4, 0.5) is 0 Å². The van der Waals surface area contributed by atoms with Crippen molar-refractivity contribution in [3.63, 3.8) is 0 Å². The molecule has 0 bridgehead atoms. The van der Waals surface area contributed by atoms with Gasteiger partial charge in [0.2, 0.25) is 0 Å². The first kappa shape index (κ1) is 35.9. The van der Waals surface area contributed by atoms with Crippen LogP contribution in [0.5, 0.6) is 0 Å². The molecule has 0 radical (unpaired) electrons. The molecule has 0 aromatic heterocycles. The van der Waals surface area contributed by atoms with Crippen LogP contribution in [0.15, 0.2) is 0 Å². The van der Waals surface area contributed by atoms with Crippen molar-refractivity contribution >= 4 is 25.6 Å². The molecule has 0 spiro atoms. The number of rotatable bonds is 27. The molecule has 0 heterocycles. The Morgan fingerprint density at radius 2 is 1.36 bits per heavy atom. The van der Waals surface area contributed by atoms with E-state index in [1.165, 1.54) is 70.6 Å². The van der Waals surface area contributed by atoms with Gasteiger partial charge in [-0.3, -0.25) is 0 Å². The average Bonchev–Trinajstić information content (AvgIpc) is 2.87. The number of hydrogen-bond acceptors (Lipinski definition) is 6. The molecule has 0 aromatic rings. The summed E-state index contributed by atoms with van der Waals surface area (Å²) < 4.78 is 35.0. The van der Waals surface area contributed by atoms with E-state index < -0.39 is 37.4 Å². The lowest BCUT2D eigenvalue weighted by Crippen LogP contribution is -2.40.